The van der Waals surface area contributed by atoms with Crippen LogP contribution in [0.1, 0.15) is 50.9 Å². The summed E-state index contributed by atoms with van der Waals surface area (Å²) in [5, 5.41) is 2.84. The zero-order valence-corrected chi connectivity index (χ0v) is 14.1. The lowest BCUT2D eigenvalue weighted by Crippen LogP contribution is -2.41. The Bertz CT molecular complexity index is 612. The van der Waals surface area contributed by atoms with Crippen molar-refractivity contribution in [1.29, 1.82) is 0 Å². The smallest absolute Gasteiger partial charge is 0.399 e. The van der Waals surface area contributed by atoms with E-state index in [1.165, 1.54) is 6.07 Å². The van der Waals surface area contributed by atoms with Gasteiger partial charge in [0, 0.05) is 17.6 Å². The van der Waals surface area contributed by atoms with Crippen molar-refractivity contribution >= 4 is 18.5 Å². The molecule has 1 aliphatic heterocycles. The highest BCUT2D eigenvalue weighted by Crippen LogP contribution is 2.36. The minimum atomic E-state index is -0.761. The highest BCUT2D eigenvalue weighted by Gasteiger charge is 2.52. The summed E-state index contributed by atoms with van der Waals surface area (Å²) in [5.74, 6) is -0.133. The van der Waals surface area contributed by atoms with Crippen LogP contribution in [0.4, 0.5) is 4.39 Å². The molecule has 4 nitrogen and oxygen atoms in total. The van der Waals surface area contributed by atoms with Crippen LogP contribution in [0, 0.1) is 11.7 Å². The van der Waals surface area contributed by atoms with Gasteiger partial charge in [0.25, 0.3) is 5.91 Å². The highest BCUT2D eigenvalue weighted by atomic mass is 19.1. The summed E-state index contributed by atoms with van der Waals surface area (Å²) in [6.45, 7) is 8.35. The Morgan fingerprint density at radius 1 is 1.26 bits per heavy atom. The van der Waals surface area contributed by atoms with Crippen molar-refractivity contribution in [3.63, 3.8) is 0 Å². The molecule has 0 atom stereocenters. The SMILES string of the molecule is CC1(C)OB(c2ccc(C(=O)NCC3CC3)cc2F)OC1(C)C. The van der Waals surface area contributed by atoms with Gasteiger partial charge >= 0.3 is 7.12 Å². The van der Waals surface area contributed by atoms with Crippen LogP contribution < -0.4 is 10.8 Å². The van der Waals surface area contributed by atoms with E-state index in [0.717, 1.165) is 12.8 Å². The maximum Gasteiger partial charge on any atom is 0.497 e. The molecule has 0 unspecified atom stereocenters. The van der Waals surface area contributed by atoms with Crippen LogP contribution in [0.25, 0.3) is 0 Å². The van der Waals surface area contributed by atoms with E-state index < -0.39 is 24.1 Å². The van der Waals surface area contributed by atoms with Gasteiger partial charge in [0.1, 0.15) is 5.82 Å². The van der Waals surface area contributed by atoms with Crippen LogP contribution in [-0.4, -0.2) is 30.8 Å². The number of rotatable bonds is 4. The van der Waals surface area contributed by atoms with Gasteiger partial charge < -0.3 is 14.6 Å². The Morgan fingerprint density at radius 2 is 1.87 bits per heavy atom. The lowest BCUT2D eigenvalue weighted by Gasteiger charge is -2.32. The minimum Gasteiger partial charge on any atom is -0.399 e. The summed E-state index contributed by atoms with van der Waals surface area (Å²) < 4.78 is 26.1. The Hall–Kier alpha value is -1.40. The number of carbonyl (C=O) groups is 1. The van der Waals surface area contributed by atoms with E-state index >= 15 is 0 Å². The van der Waals surface area contributed by atoms with E-state index in [4.69, 9.17) is 9.31 Å². The minimum absolute atomic E-state index is 0.240. The maximum atomic E-state index is 14.4. The predicted molar refractivity (Wildman–Crippen MR) is 87.2 cm³/mol. The van der Waals surface area contributed by atoms with Crippen molar-refractivity contribution in [3.05, 3.63) is 29.6 Å². The number of nitrogens with one attached hydrogen (secondary N) is 1. The molecule has 1 amide bonds. The molecule has 1 aromatic carbocycles. The van der Waals surface area contributed by atoms with Gasteiger partial charge in [-0.25, -0.2) is 4.39 Å². The molecule has 1 saturated heterocycles. The van der Waals surface area contributed by atoms with E-state index in [-0.39, 0.29) is 5.91 Å². The highest BCUT2D eigenvalue weighted by molar-refractivity contribution is 6.62. The third-order valence-electron chi connectivity index (χ3n) is 5.02. The first-order chi connectivity index (χ1) is 10.7. The third-order valence-corrected chi connectivity index (χ3v) is 5.02. The molecule has 0 radical (unpaired) electrons. The summed E-state index contributed by atoms with van der Waals surface area (Å²) >= 11 is 0. The van der Waals surface area contributed by atoms with E-state index in [1.54, 1.807) is 12.1 Å². The van der Waals surface area contributed by atoms with Crippen LogP contribution in [0.2, 0.25) is 0 Å². The van der Waals surface area contributed by atoms with Gasteiger partial charge in [0.15, 0.2) is 0 Å². The number of amides is 1. The Balaban J connectivity index is 1.73. The number of carbonyl (C=O) groups excluding carboxylic acids is 1. The van der Waals surface area contributed by atoms with Crippen molar-refractivity contribution in [2.24, 2.45) is 5.92 Å². The number of halogens is 1. The molecule has 2 aliphatic rings. The fourth-order valence-corrected chi connectivity index (χ4v) is 2.49. The van der Waals surface area contributed by atoms with Crippen LogP contribution >= 0.6 is 0 Å². The molecule has 124 valence electrons. The standard InChI is InChI=1S/C17H23BFNO3/c1-16(2)17(3,4)23-18(22-16)13-8-7-12(9-14(13)19)15(21)20-10-11-5-6-11/h7-9,11H,5-6,10H2,1-4H3,(H,20,21). The van der Waals surface area contributed by atoms with Crippen molar-refractivity contribution in [3.8, 4) is 0 Å². The van der Waals surface area contributed by atoms with Gasteiger partial charge in [-0.2, -0.15) is 0 Å². The lowest BCUT2D eigenvalue weighted by atomic mass is 9.78. The maximum absolute atomic E-state index is 14.4. The first kappa shape index (κ1) is 16.5. The van der Waals surface area contributed by atoms with Crippen molar-refractivity contribution in [1.82, 2.24) is 5.32 Å². The first-order valence-electron chi connectivity index (χ1n) is 8.13. The zero-order chi connectivity index (χ0) is 16.8. The fraction of sp³-hybridized carbons (Fsp3) is 0.588. The molecule has 3 rings (SSSR count). The molecule has 23 heavy (non-hydrogen) atoms. The van der Waals surface area contributed by atoms with E-state index in [1.807, 2.05) is 27.7 Å². The summed E-state index contributed by atoms with van der Waals surface area (Å²) in [7, 11) is -0.761. The van der Waals surface area contributed by atoms with Gasteiger partial charge in [-0.3, -0.25) is 4.79 Å². The molecular weight excluding hydrogens is 296 g/mol. The molecule has 2 fully saturated rings. The van der Waals surface area contributed by atoms with Gasteiger partial charge in [-0.15, -0.1) is 0 Å². The van der Waals surface area contributed by atoms with Crippen molar-refractivity contribution < 1.29 is 18.5 Å². The average Bonchev–Trinajstić information content (AvgIpc) is 3.23. The molecule has 0 bridgehead atoms. The summed E-state index contributed by atoms with van der Waals surface area (Å²) in [6.07, 6.45) is 2.32. The molecule has 6 heteroatoms. The molecule has 1 N–H and O–H groups in total. The Kier molecular flexibility index (Phi) is 4.01. The number of hydrogen-bond donors (Lipinski definition) is 1. The topological polar surface area (TPSA) is 47.6 Å². The normalized spacial score (nSPS) is 22.2. The van der Waals surface area contributed by atoms with Gasteiger partial charge in [0.05, 0.1) is 11.2 Å². The third kappa shape index (κ3) is 3.28. The van der Waals surface area contributed by atoms with Crippen molar-refractivity contribution in [2.45, 2.75) is 51.7 Å². The van der Waals surface area contributed by atoms with Crippen LogP contribution in [0.3, 0.4) is 0 Å². The lowest BCUT2D eigenvalue weighted by molar-refractivity contribution is 0.00578. The Morgan fingerprint density at radius 3 is 2.39 bits per heavy atom. The summed E-state index contributed by atoms with van der Waals surface area (Å²) in [4.78, 5) is 12.0. The monoisotopic (exact) mass is 319 g/mol. The molecular formula is C17H23BFNO3. The van der Waals surface area contributed by atoms with Gasteiger partial charge in [-0.1, -0.05) is 6.07 Å². The number of hydrogen-bond acceptors (Lipinski definition) is 3. The summed E-state index contributed by atoms with van der Waals surface area (Å²) in [6, 6.07) is 4.44. The van der Waals surface area contributed by atoms with Crippen molar-refractivity contribution in [2.75, 3.05) is 6.54 Å². The van der Waals surface area contributed by atoms with Gasteiger partial charge in [-0.05, 0) is 58.6 Å². The summed E-state index contributed by atoms with van der Waals surface area (Å²) in [5.41, 5.74) is -0.403. The first-order valence-corrected chi connectivity index (χ1v) is 8.13. The van der Waals surface area contributed by atoms with Crippen LogP contribution in [0.5, 0.6) is 0 Å². The van der Waals surface area contributed by atoms with Crippen LogP contribution in [0.15, 0.2) is 18.2 Å². The second-order valence-electron chi connectivity index (χ2n) is 7.48. The molecule has 0 spiro atoms. The molecule has 1 aromatic rings. The largest absolute Gasteiger partial charge is 0.497 e. The van der Waals surface area contributed by atoms with E-state index in [2.05, 4.69) is 5.32 Å². The molecule has 1 heterocycles. The fourth-order valence-electron chi connectivity index (χ4n) is 2.49. The van der Waals surface area contributed by atoms with E-state index in [0.29, 0.717) is 23.5 Å². The average molecular weight is 319 g/mol. The molecule has 0 aromatic heterocycles. The van der Waals surface area contributed by atoms with Crippen LogP contribution in [-0.2, 0) is 9.31 Å². The number of benzene rings is 1. The second-order valence-corrected chi connectivity index (χ2v) is 7.48. The van der Waals surface area contributed by atoms with Gasteiger partial charge in [0.2, 0.25) is 0 Å². The predicted octanol–water partition coefficient (Wildman–Crippen LogP) is 2.26. The second kappa shape index (κ2) is 5.60. The molecule has 1 saturated carbocycles. The quantitative estimate of drug-likeness (QED) is 0.866. The molecule has 1 aliphatic carbocycles. The zero-order valence-electron chi connectivity index (χ0n) is 14.1. The van der Waals surface area contributed by atoms with E-state index in [9.17, 15) is 9.18 Å². The Labute approximate surface area is 136 Å².